The van der Waals surface area contributed by atoms with Crippen LogP contribution in [0.4, 0.5) is 8.78 Å². The van der Waals surface area contributed by atoms with E-state index in [-0.39, 0.29) is 18.2 Å². The van der Waals surface area contributed by atoms with Crippen molar-refractivity contribution in [3.8, 4) is 0 Å². The SMILES string of the molecule is CC(C)OCCNCC(O)c1ccc(F)cc1F. The summed E-state index contributed by atoms with van der Waals surface area (Å²) in [6.07, 6.45) is -0.837. The number of aliphatic hydroxyl groups is 1. The Hall–Kier alpha value is -1.04. The number of ether oxygens (including phenoxy) is 1. The molecule has 0 aliphatic heterocycles. The molecule has 3 nitrogen and oxygen atoms in total. The first kappa shape index (κ1) is 15.0. The third kappa shape index (κ3) is 5.08. The molecule has 0 spiro atoms. The molecule has 1 aromatic carbocycles. The van der Waals surface area contributed by atoms with Crippen molar-refractivity contribution < 1.29 is 18.6 Å². The van der Waals surface area contributed by atoms with Gasteiger partial charge in [0, 0.05) is 24.7 Å². The fourth-order valence-electron chi connectivity index (χ4n) is 1.49. The van der Waals surface area contributed by atoms with Crippen LogP contribution < -0.4 is 5.32 Å². The number of halogens is 2. The van der Waals surface area contributed by atoms with Crippen molar-refractivity contribution in [3.63, 3.8) is 0 Å². The molecule has 0 aromatic heterocycles. The molecule has 0 fully saturated rings. The van der Waals surface area contributed by atoms with E-state index in [9.17, 15) is 13.9 Å². The maximum Gasteiger partial charge on any atom is 0.131 e. The van der Waals surface area contributed by atoms with Crippen LogP contribution in [0, 0.1) is 11.6 Å². The molecule has 0 aliphatic rings. The van der Waals surface area contributed by atoms with Crippen LogP contribution in [-0.4, -0.2) is 30.9 Å². The van der Waals surface area contributed by atoms with E-state index in [0.717, 1.165) is 12.1 Å². The quantitative estimate of drug-likeness (QED) is 0.736. The highest BCUT2D eigenvalue weighted by molar-refractivity contribution is 5.21. The van der Waals surface area contributed by atoms with E-state index in [1.807, 2.05) is 13.8 Å². The normalized spacial score (nSPS) is 13.0. The van der Waals surface area contributed by atoms with Crippen LogP contribution in [0.3, 0.4) is 0 Å². The Morgan fingerprint density at radius 3 is 2.67 bits per heavy atom. The molecule has 1 rings (SSSR count). The number of hydrogen-bond acceptors (Lipinski definition) is 3. The van der Waals surface area contributed by atoms with Gasteiger partial charge in [0.1, 0.15) is 11.6 Å². The predicted molar refractivity (Wildman–Crippen MR) is 65.3 cm³/mol. The Morgan fingerprint density at radius 1 is 1.33 bits per heavy atom. The molecule has 2 N–H and O–H groups in total. The Bertz CT molecular complexity index is 372. The summed E-state index contributed by atoms with van der Waals surface area (Å²) in [6.45, 7) is 5.16. The Morgan fingerprint density at radius 2 is 2.06 bits per heavy atom. The van der Waals surface area contributed by atoms with Crippen LogP contribution in [0.1, 0.15) is 25.5 Å². The van der Waals surface area contributed by atoms with Gasteiger partial charge in [-0.25, -0.2) is 8.78 Å². The summed E-state index contributed by atoms with van der Waals surface area (Å²) >= 11 is 0. The third-order valence-electron chi connectivity index (χ3n) is 2.39. The van der Waals surface area contributed by atoms with Crippen LogP contribution in [-0.2, 0) is 4.74 Å². The lowest BCUT2D eigenvalue weighted by Gasteiger charge is -2.13. The third-order valence-corrected chi connectivity index (χ3v) is 2.39. The van der Waals surface area contributed by atoms with E-state index in [1.165, 1.54) is 6.07 Å². The molecule has 0 amide bonds. The minimum absolute atomic E-state index is 0.0914. The summed E-state index contributed by atoms with van der Waals surface area (Å²) in [5.74, 6) is -1.38. The molecule has 0 saturated heterocycles. The highest BCUT2D eigenvalue weighted by Crippen LogP contribution is 2.17. The Balaban J connectivity index is 2.34. The molecule has 0 heterocycles. The summed E-state index contributed by atoms with van der Waals surface area (Å²) in [5.41, 5.74) is 0.0914. The summed E-state index contributed by atoms with van der Waals surface area (Å²) < 4.78 is 31.3. The van der Waals surface area contributed by atoms with Gasteiger partial charge in [-0.05, 0) is 19.9 Å². The van der Waals surface area contributed by atoms with Gasteiger partial charge >= 0.3 is 0 Å². The monoisotopic (exact) mass is 259 g/mol. The second kappa shape index (κ2) is 7.41. The van der Waals surface area contributed by atoms with Crippen molar-refractivity contribution in [1.29, 1.82) is 0 Å². The molecule has 0 bridgehead atoms. The Kier molecular flexibility index (Phi) is 6.18. The summed E-state index contributed by atoms with van der Waals surface area (Å²) in [6, 6.07) is 3.14. The standard InChI is InChI=1S/C13H19F2NO2/c1-9(2)18-6-5-16-8-13(17)11-4-3-10(14)7-12(11)15/h3-4,7,9,13,16-17H,5-6,8H2,1-2H3. The molecule has 0 aliphatic carbocycles. The fourth-order valence-corrected chi connectivity index (χ4v) is 1.49. The van der Waals surface area contributed by atoms with Gasteiger partial charge < -0.3 is 15.2 Å². The summed E-state index contributed by atoms with van der Waals surface area (Å²) in [5, 5.41) is 12.7. The van der Waals surface area contributed by atoms with Gasteiger partial charge in [0.25, 0.3) is 0 Å². The molecule has 5 heteroatoms. The van der Waals surface area contributed by atoms with E-state index in [4.69, 9.17) is 4.74 Å². The first-order valence-electron chi connectivity index (χ1n) is 5.96. The second-order valence-corrected chi connectivity index (χ2v) is 4.31. The number of aliphatic hydroxyl groups excluding tert-OH is 1. The lowest BCUT2D eigenvalue weighted by atomic mass is 10.1. The topological polar surface area (TPSA) is 41.5 Å². The van der Waals surface area contributed by atoms with Crippen molar-refractivity contribution in [3.05, 3.63) is 35.4 Å². The zero-order valence-corrected chi connectivity index (χ0v) is 10.6. The van der Waals surface area contributed by atoms with E-state index in [0.29, 0.717) is 13.2 Å². The maximum atomic E-state index is 13.3. The zero-order valence-electron chi connectivity index (χ0n) is 10.6. The zero-order chi connectivity index (χ0) is 13.5. The average molecular weight is 259 g/mol. The molecule has 0 radical (unpaired) electrons. The summed E-state index contributed by atoms with van der Waals surface area (Å²) in [7, 11) is 0. The van der Waals surface area contributed by atoms with Crippen molar-refractivity contribution >= 4 is 0 Å². The lowest BCUT2D eigenvalue weighted by Crippen LogP contribution is -2.26. The molecule has 102 valence electrons. The molecule has 1 aromatic rings. The fraction of sp³-hybridized carbons (Fsp3) is 0.538. The van der Waals surface area contributed by atoms with Crippen molar-refractivity contribution in [2.75, 3.05) is 19.7 Å². The van der Waals surface area contributed by atoms with Gasteiger partial charge in [-0.3, -0.25) is 0 Å². The molecular weight excluding hydrogens is 240 g/mol. The van der Waals surface area contributed by atoms with Gasteiger partial charge in [0.15, 0.2) is 0 Å². The minimum Gasteiger partial charge on any atom is -0.387 e. The van der Waals surface area contributed by atoms with Crippen LogP contribution in [0.15, 0.2) is 18.2 Å². The largest absolute Gasteiger partial charge is 0.387 e. The molecule has 1 unspecified atom stereocenters. The van der Waals surface area contributed by atoms with Gasteiger partial charge in [0.2, 0.25) is 0 Å². The minimum atomic E-state index is -0.996. The smallest absolute Gasteiger partial charge is 0.131 e. The highest BCUT2D eigenvalue weighted by Gasteiger charge is 2.12. The van der Waals surface area contributed by atoms with E-state index in [2.05, 4.69) is 5.32 Å². The number of nitrogens with one attached hydrogen (secondary N) is 1. The van der Waals surface area contributed by atoms with Crippen LogP contribution in [0.5, 0.6) is 0 Å². The molecule has 18 heavy (non-hydrogen) atoms. The molecule has 1 atom stereocenters. The number of hydrogen-bond donors (Lipinski definition) is 2. The van der Waals surface area contributed by atoms with Crippen molar-refractivity contribution in [1.82, 2.24) is 5.32 Å². The van der Waals surface area contributed by atoms with Gasteiger partial charge in [0.05, 0.1) is 18.8 Å². The lowest BCUT2D eigenvalue weighted by molar-refractivity contribution is 0.0780. The van der Waals surface area contributed by atoms with Crippen LogP contribution in [0.25, 0.3) is 0 Å². The van der Waals surface area contributed by atoms with Crippen LogP contribution >= 0.6 is 0 Å². The first-order valence-corrected chi connectivity index (χ1v) is 5.96. The van der Waals surface area contributed by atoms with Crippen molar-refractivity contribution in [2.24, 2.45) is 0 Å². The van der Waals surface area contributed by atoms with E-state index < -0.39 is 17.7 Å². The first-order chi connectivity index (χ1) is 8.50. The Labute approximate surface area is 106 Å². The van der Waals surface area contributed by atoms with E-state index >= 15 is 0 Å². The maximum absolute atomic E-state index is 13.3. The van der Waals surface area contributed by atoms with Gasteiger partial charge in [-0.15, -0.1) is 0 Å². The average Bonchev–Trinajstić information content (AvgIpc) is 2.27. The van der Waals surface area contributed by atoms with Gasteiger partial charge in [-0.2, -0.15) is 0 Å². The molecular formula is C13H19F2NO2. The number of benzene rings is 1. The van der Waals surface area contributed by atoms with Gasteiger partial charge in [-0.1, -0.05) is 6.07 Å². The predicted octanol–water partition coefficient (Wildman–Crippen LogP) is 2.01. The van der Waals surface area contributed by atoms with E-state index in [1.54, 1.807) is 0 Å². The second-order valence-electron chi connectivity index (χ2n) is 4.31. The van der Waals surface area contributed by atoms with Crippen molar-refractivity contribution in [2.45, 2.75) is 26.1 Å². The molecule has 0 saturated carbocycles. The summed E-state index contributed by atoms with van der Waals surface area (Å²) in [4.78, 5) is 0. The van der Waals surface area contributed by atoms with Crippen LogP contribution in [0.2, 0.25) is 0 Å². The highest BCUT2D eigenvalue weighted by atomic mass is 19.1. The number of rotatable bonds is 7.